The van der Waals surface area contributed by atoms with Crippen LogP contribution in [0.5, 0.6) is 0 Å². The molecule has 1 aliphatic rings. The number of nitrogens with two attached hydrogens (primary N) is 2. The molecule has 0 aromatic heterocycles. The third-order valence-corrected chi connectivity index (χ3v) is 2.88. The van der Waals surface area contributed by atoms with E-state index >= 15 is 0 Å². The second-order valence-corrected chi connectivity index (χ2v) is 4.18. The number of amidine groups is 1. The van der Waals surface area contributed by atoms with E-state index in [0.717, 1.165) is 19.4 Å². The molecule has 1 heterocycles. The maximum absolute atomic E-state index is 8.82. The van der Waals surface area contributed by atoms with E-state index in [0.29, 0.717) is 17.1 Å². The van der Waals surface area contributed by atoms with Crippen LogP contribution < -0.4 is 22.0 Å². The van der Waals surface area contributed by atoms with Crippen LogP contribution in [0.25, 0.3) is 0 Å². The molecule has 1 saturated heterocycles. The minimum atomic E-state index is 0.0928. The molecule has 94 valence electrons. The number of anilines is 1. The second kappa shape index (κ2) is 5.49. The van der Waals surface area contributed by atoms with E-state index in [1.54, 1.807) is 24.3 Å². The van der Waals surface area contributed by atoms with Crippen LogP contribution in [0.15, 0.2) is 29.4 Å². The average molecular weight is 244 g/mol. The summed E-state index contributed by atoms with van der Waals surface area (Å²) in [5, 5.41) is 17.4. The third-order valence-electron chi connectivity index (χ3n) is 2.88. The molecule has 1 aromatic rings. The van der Waals surface area contributed by atoms with Gasteiger partial charge in [0.05, 0.1) is 23.4 Å². The van der Waals surface area contributed by atoms with Crippen molar-refractivity contribution in [2.24, 2.45) is 16.7 Å². The number of hydrogen-bond donors (Lipinski definition) is 3. The molecule has 0 saturated carbocycles. The summed E-state index contributed by atoms with van der Waals surface area (Å²) in [5.41, 5.74) is 7.06. The molecule has 6 heteroatoms. The van der Waals surface area contributed by atoms with Gasteiger partial charge in [0.2, 0.25) is 0 Å². The maximum Gasteiger partial charge on any atom is 0.139 e. The number of hydrazone groups is 1. The Morgan fingerprint density at radius 1 is 1.56 bits per heavy atom. The fraction of sp³-hybridized carbons (Fsp3) is 0.333. The molecule has 18 heavy (non-hydrogen) atoms. The van der Waals surface area contributed by atoms with Crippen molar-refractivity contribution < 1.29 is 0 Å². The van der Waals surface area contributed by atoms with Crippen molar-refractivity contribution in [3.05, 3.63) is 29.8 Å². The average Bonchev–Trinajstić information content (AvgIpc) is 2.92. The number of nitriles is 1. The fourth-order valence-corrected chi connectivity index (χ4v) is 1.91. The highest BCUT2D eigenvalue weighted by Gasteiger charge is 2.18. The summed E-state index contributed by atoms with van der Waals surface area (Å²) in [6.07, 6.45) is 2.07. The summed E-state index contributed by atoms with van der Waals surface area (Å²) in [6, 6.07) is 9.06. The van der Waals surface area contributed by atoms with E-state index in [9.17, 15) is 0 Å². The van der Waals surface area contributed by atoms with Gasteiger partial charge in [0.1, 0.15) is 5.84 Å². The van der Waals surface area contributed by atoms with Gasteiger partial charge in [0.15, 0.2) is 0 Å². The lowest BCUT2D eigenvalue weighted by Gasteiger charge is -2.16. The zero-order valence-corrected chi connectivity index (χ0v) is 10.0. The highest BCUT2D eigenvalue weighted by atomic mass is 15.6. The van der Waals surface area contributed by atoms with Crippen molar-refractivity contribution in [3.8, 4) is 6.07 Å². The van der Waals surface area contributed by atoms with Gasteiger partial charge in [-0.15, -0.1) is 5.10 Å². The minimum Gasteiger partial charge on any atom is -0.384 e. The van der Waals surface area contributed by atoms with Gasteiger partial charge in [0, 0.05) is 0 Å². The molecule has 0 radical (unpaired) electrons. The number of hydrazine groups is 1. The topological polar surface area (TPSA) is 103 Å². The Labute approximate surface area is 106 Å². The largest absolute Gasteiger partial charge is 0.384 e. The molecule has 0 bridgehead atoms. The fourth-order valence-electron chi connectivity index (χ4n) is 1.91. The summed E-state index contributed by atoms with van der Waals surface area (Å²) in [5.74, 6) is 6.29. The molecule has 0 aliphatic carbocycles. The monoisotopic (exact) mass is 244 g/mol. The van der Waals surface area contributed by atoms with Gasteiger partial charge in [-0.25, -0.2) is 5.84 Å². The van der Waals surface area contributed by atoms with Crippen molar-refractivity contribution in [1.82, 2.24) is 5.32 Å². The molecule has 5 N–H and O–H groups in total. The van der Waals surface area contributed by atoms with Crippen LogP contribution in [0.2, 0.25) is 0 Å². The Bertz CT molecular complexity index is 484. The highest BCUT2D eigenvalue weighted by molar-refractivity contribution is 5.86. The summed E-state index contributed by atoms with van der Waals surface area (Å²) in [4.78, 5) is 0. The summed E-state index contributed by atoms with van der Waals surface area (Å²) in [6.45, 7) is 0.954. The number of nitrogens with one attached hydrogen (secondary N) is 1. The highest BCUT2D eigenvalue weighted by Crippen LogP contribution is 2.14. The van der Waals surface area contributed by atoms with Crippen LogP contribution in [-0.2, 0) is 0 Å². The first kappa shape index (κ1) is 12.4. The molecular formula is C12H16N6. The van der Waals surface area contributed by atoms with Gasteiger partial charge < -0.3 is 11.1 Å². The summed E-state index contributed by atoms with van der Waals surface area (Å²) >= 11 is 0. The summed E-state index contributed by atoms with van der Waals surface area (Å²) < 4.78 is 0. The van der Waals surface area contributed by atoms with Gasteiger partial charge in [-0.1, -0.05) is 6.07 Å². The third kappa shape index (κ3) is 2.77. The lowest BCUT2D eigenvalue weighted by Crippen LogP contribution is -2.40. The van der Waals surface area contributed by atoms with Crippen molar-refractivity contribution in [1.29, 1.82) is 5.26 Å². The Hall–Kier alpha value is -2.10. The summed E-state index contributed by atoms with van der Waals surface area (Å²) in [7, 11) is 0. The molecule has 2 rings (SSSR count). The number of hydrogen-bond acceptors (Lipinski definition) is 5. The predicted octanol–water partition coefficient (Wildman–Crippen LogP) is 0.263. The van der Waals surface area contributed by atoms with Crippen molar-refractivity contribution in [3.63, 3.8) is 0 Å². The zero-order chi connectivity index (χ0) is 13.0. The molecule has 1 aromatic carbocycles. The quantitative estimate of drug-likeness (QED) is 0.306. The molecule has 0 amide bonds. The van der Waals surface area contributed by atoms with Crippen LogP contribution in [0.4, 0.5) is 5.69 Å². The van der Waals surface area contributed by atoms with Crippen LogP contribution in [-0.4, -0.2) is 18.4 Å². The van der Waals surface area contributed by atoms with E-state index in [4.69, 9.17) is 16.8 Å². The Morgan fingerprint density at radius 2 is 2.39 bits per heavy atom. The minimum absolute atomic E-state index is 0.0928. The first-order valence-electron chi connectivity index (χ1n) is 5.83. The maximum atomic E-state index is 8.82. The Morgan fingerprint density at radius 3 is 3.06 bits per heavy atom. The Balaban J connectivity index is 2.12. The smallest absolute Gasteiger partial charge is 0.139 e. The van der Waals surface area contributed by atoms with Crippen LogP contribution in [0.3, 0.4) is 0 Å². The van der Waals surface area contributed by atoms with Gasteiger partial charge >= 0.3 is 0 Å². The SMILES string of the molecule is N#Cc1cccc(N(N)/N=C(\N)C2CCCN2)c1. The molecule has 1 fully saturated rings. The van der Waals surface area contributed by atoms with Crippen molar-refractivity contribution in [2.75, 3.05) is 11.7 Å². The molecule has 1 unspecified atom stereocenters. The standard InChI is InChI=1S/C12H16N6/c13-8-9-3-1-4-10(7-9)18(15)17-12(14)11-5-2-6-16-11/h1,3-4,7,11,16H,2,5-6,15H2,(H2,14,17). The lowest BCUT2D eigenvalue weighted by molar-refractivity contribution is 0.745. The molecule has 0 spiro atoms. The molecule has 1 atom stereocenters. The van der Waals surface area contributed by atoms with Gasteiger partial charge in [-0.05, 0) is 37.6 Å². The van der Waals surface area contributed by atoms with Crippen molar-refractivity contribution >= 4 is 11.5 Å². The predicted molar refractivity (Wildman–Crippen MR) is 70.5 cm³/mol. The van der Waals surface area contributed by atoms with Gasteiger partial charge in [0.25, 0.3) is 0 Å². The molecule has 6 nitrogen and oxygen atoms in total. The lowest BCUT2D eigenvalue weighted by atomic mass is 10.2. The van der Waals surface area contributed by atoms with Gasteiger partial charge in [-0.3, -0.25) is 0 Å². The Kier molecular flexibility index (Phi) is 3.77. The first-order chi connectivity index (χ1) is 8.70. The van der Waals surface area contributed by atoms with Crippen molar-refractivity contribution in [2.45, 2.75) is 18.9 Å². The van der Waals surface area contributed by atoms with Crippen LogP contribution in [0.1, 0.15) is 18.4 Å². The van der Waals surface area contributed by atoms with E-state index in [2.05, 4.69) is 16.5 Å². The van der Waals surface area contributed by atoms with Gasteiger partial charge in [-0.2, -0.15) is 10.4 Å². The first-order valence-corrected chi connectivity index (χ1v) is 5.83. The van der Waals surface area contributed by atoms with E-state index < -0.39 is 0 Å². The second-order valence-electron chi connectivity index (χ2n) is 4.18. The number of benzene rings is 1. The van der Waals surface area contributed by atoms with E-state index in [1.807, 2.05) is 0 Å². The normalized spacial score (nSPS) is 19.6. The van der Waals surface area contributed by atoms with Crippen LogP contribution in [0, 0.1) is 11.3 Å². The molecular weight excluding hydrogens is 228 g/mol. The van der Waals surface area contributed by atoms with E-state index in [-0.39, 0.29) is 6.04 Å². The zero-order valence-electron chi connectivity index (χ0n) is 10.0. The molecule has 1 aliphatic heterocycles. The number of rotatable bonds is 3. The van der Waals surface area contributed by atoms with E-state index in [1.165, 1.54) is 5.12 Å². The van der Waals surface area contributed by atoms with Crippen LogP contribution >= 0.6 is 0 Å². The number of nitrogens with zero attached hydrogens (tertiary/aromatic N) is 3.